The van der Waals surface area contributed by atoms with Crippen LogP contribution >= 0.6 is 0 Å². The second-order valence-corrected chi connectivity index (χ2v) is 2.11. The molecule has 0 unspecified atom stereocenters. The van der Waals surface area contributed by atoms with E-state index in [1.54, 1.807) is 0 Å². The number of likely N-dealkylation sites (N-methyl/N-ethyl adjacent to an activating group) is 1. The molecule has 0 aromatic rings. The molecule has 0 spiro atoms. The molecule has 0 radical (unpaired) electrons. The molecule has 1 amide bonds. The Kier molecular flexibility index (Phi) is 5.15. The molecule has 0 saturated heterocycles. The maximum Gasteiger partial charge on any atom is 0.241 e. The van der Waals surface area contributed by atoms with Crippen molar-refractivity contribution in [3.05, 3.63) is 0 Å². The number of hydrogen-bond donors (Lipinski definition) is 2. The van der Waals surface area contributed by atoms with Crippen LogP contribution in [0, 0.1) is 0 Å². The summed E-state index contributed by atoms with van der Waals surface area (Å²) in [6, 6.07) is 0. The average Bonchev–Trinajstić information content (AvgIpc) is 2.01. The SMILES string of the molecule is CCNC(=O)CN=C(N)CC. The first-order valence-corrected chi connectivity index (χ1v) is 3.76. The monoisotopic (exact) mass is 157 g/mol. The number of nitrogens with zero attached hydrogens (tertiary/aromatic N) is 1. The number of amides is 1. The summed E-state index contributed by atoms with van der Waals surface area (Å²) in [5.41, 5.74) is 5.39. The van der Waals surface area contributed by atoms with E-state index in [0.29, 0.717) is 18.8 Å². The Hall–Kier alpha value is -1.06. The van der Waals surface area contributed by atoms with E-state index < -0.39 is 0 Å². The zero-order valence-corrected chi connectivity index (χ0v) is 7.05. The zero-order valence-electron chi connectivity index (χ0n) is 7.05. The third kappa shape index (κ3) is 5.39. The molecule has 0 aliphatic rings. The van der Waals surface area contributed by atoms with Gasteiger partial charge in [-0.2, -0.15) is 0 Å². The van der Waals surface area contributed by atoms with Gasteiger partial charge in [0.05, 0.1) is 5.84 Å². The molecule has 0 heterocycles. The van der Waals surface area contributed by atoms with Gasteiger partial charge in [-0.05, 0) is 6.92 Å². The summed E-state index contributed by atoms with van der Waals surface area (Å²) < 4.78 is 0. The Morgan fingerprint density at radius 3 is 2.64 bits per heavy atom. The highest BCUT2D eigenvalue weighted by Crippen LogP contribution is 1.78. The van der Waals surface area contributed by atoms with Gasteiger partial charge in [-0.15, -0.1) is 0 Å². The fraction of sp³-hybridized carbons (Fsp3) is 0.714. The number of rotatable bonds is 4. The molecule has 0 aliphatic carbocycles. The highest BCUT2D eigenvalue weighted by atomic mass is 16.1. The van der Waals surface area contributed by atoms with Crippen LogP contribution in [0.4, 0.5) is 0 Å². The number of carbonyl (C=O) groups excluding carboxylic acids is 1. The molecule has 4 heteroatoms. The van der Waals surface area contributed by atoms with Crippen LogP contribution in [0.2, 0.25) is 0 Å². The summed E-state index contributed by atoms with van der Waals surface area (Å²) >= 11 is 0. The van der Waals surface area contributed by atoms with E-state index in [0.717, 1.165) is 0 Å². The van der Waals surface area contributed by atoms with Crippen molar-refractivity contribution in [2.24, 2.45) is 10.7 Å². The fourth-order valence-electron chi connectivity index (χ4n) is 0.538. The fourth-order valence-corrected chi connectivity index (χ4v) is 0.538. The maximum atomic E-state index is 10.8. The number of carbonyl (C=O) groups is 1. The molecule has 64 valence electrons. The van der Waals surface area contributed by atoms with Crippen molar-refractivity contribution in [1.29, 1.82) is 0 Å². The van der Waals surface area contributed by atoms with E-state index in [4.69, 9.17) is 5.73 Å². The summed E-state index contributed by atoms with van der Waals surface area (Å²) in [6.07, 6.45) is 0.694. The van der Waals surface area contributed by atoms with Crippen LogP contribution in [0.5, 0.6) is 0 Å². The van der Waals surface area contributed by atoms with Crippen molar-refractivity contribution >= 4 is 11.7 Å². The van der Waals surface area contributed by atoms with Crippen LogP contribution in [-0.4, -0.2) is 24.8 Å². The largest absolute Gasteiger partial charge is 0.387 e. The van der Waals surface area contributed by atoms with E-state index in [9.17, 15) is 4.79 Å². The predicted molar refractivity (Wildman–Crippen MR) is 45.5 cm³/mol. The molecular weight excluding hydrogens is 142 g/mol. The summed E-state index contributed by atoms with van der Waals surface area (Å²) in [6.45, 7) is 4.55. The Labute approximate surface area is 66.9 Å². The van der Waals surface area contributed by atoms with Crippen molar-refractivity contribution in [1.82, 2.24) is 5.32 Å². The summed E-state index contributed by atoms with van der Waals surface area (Å²) in [7, 11) is 0. The Balaban J connectivity index is 3.60. The molecular formula is C7H15N3O. The average molecular weight is 157 g/mol. The van der Waals surface area contributed by atoms with Crippen LogP contribution in [0.15, 0.2) is 4.99 Å². The number of nitrogens with two attached hydrogens (primary N) is 1. The van der Waals surface area contributed by atoms with Crippen molar-refractivity contribution in [2.75, 3.05) is 13.1 Å². The van der Waals surface area contributed by atoms with Gasteiger partial charge >= 0.3 is 0 Å². The van der Waals surface area contributed by atoms with Gasteiger partial charge in [-0.3, -0.25) is 9.79 Å². The van der Waals surface area contributed by atoms with E-state index >= 15 is 0 Å². The maximum absolute atomic E-state index is 10.8. The normalized spacial score (nSPS) is 11.3. The Morgan fingerprint density at radius 1 is 1.55 bits per heavy atom. The van der Waals surface area contributed by atoms with Gasteiger partial charge in [0.2, 0.25) is 5.91 Å². The van der Waals surface area contributed by atoms with Crippen LogP contribution < -0.4 is 11.1 Å². The molecule has 0 aliphatic heterocycles. The molecule has 3 N–H and O–H groups in total. The minimum absolute atomic E-state index is 0.0797. The van der Waals surface area contributed by atoms with Crippen molar-refractivity contribution < 1.29 is 4.79 Å². The van der Waals surface area contributed by atoms with E-state index in [1.165, 1.54) is 0 Å². The molecule has 0 atom stereocenters. The standard InChI is InChI=1S/C7H15N3O/c1-3-6(8)10-5-7(11)9-4-2/h3-5H2,1-2H3,(H2,8,10)(H,9,11). The van der Waals surface area contributed by atoms with E-state index in [-0.39, 0.29) is 12.5 Å². The topological polar surface area (TPSA) is 67.5 Å². The molecule has 11 heavy (non-hydrogen) atoms. The third-order valence-electron chi connectivity index (χ3n) is 1.16. The van der Waals surface area contributed by atoms with E-state index in [1.807, 2.05) is 13.8 Å². The highest BCUT2D eigenvalue weighted by Gasteiger charge is 1.95. The molecule has 0 saturated carbocycles. The van der Waals surface area contributed by atoms with Gasteiger partial charge in [-0.25, -0.2) is 0 Å². The van der Waals surface area contributed by atoms with Crippen molar-refractivity contribution in [2.45, 2.75) is 20.3 Å². The lowest BCUT2D eigenvalue weighted by molar-refractivity contribution is -0.119. The Morgan fingerprint density at radius 2 is 2.18 bits per heavy atom. The quantitative estimate of drug-likeness (QED) is 0.441. The molecule has 0 bridgehead atoms. The van der Waals surface area contributed by atoms with Gasteiger partial charge in [0.15, 0.2) is 0 Å². The Bertz CT molecular complexity index is 154. The first-order valence-electron chi connectivity index (χ1n) is 3.76. The van der Waals surface area contributed by atoms with E-state index in [2.05, 4.69) is 10.3 Å². The third-order valence-corrected chi connectivity index (χ3v) is 1.16. The first kappa shape index (κ1) is 9.94. The summed E-state index contributed by atoms with van der Waals surface area (Å²) in [4.78, 5) is 14.6. The van der Waals surface area contributed by atoms with Crippen molar-refractivity contribution in [3.63, 3.8) is 0 Å². The van der Waals surface area contributed by atoms with Crippen LogP contribution in [0.3, 0.4) is 0 Å². The van der Waals surface area contributed by atoms with Gasteiger partial charge in [-0.1, -0.05) is 6.92 Å². The lowest BCUT2D eigenvalue weighted by Crippen LogP contribution is -2.26. The second-order valence-electron chi connectivity index (χ2n) is 2.11. The van der Waals surface area contributed by atoms with Crippen LogP contribution in [-0.2, 0) is 4.79 Å². The molecule has 0 aromatic carbocycles. The number of aliphatic imine (C=N–C) groups is 1. The van der Waals surface area contributed by atoms with Gasteiger partial charge < -0.3 is 11.1 Å². The first-order chi connectivity index (χ1) is 5.20. The van der Waals surface area contributed by atoms with Crippen molar-refractivity contribution in [3.8, 4) is 0 Å². The molecule has 0 aromatic heterocycles. The summed E-state index contributed by atoms with van der Waals surface area (Å²) in [5.74, 6) is 0.445. The molecule has 0 rings (SSSR count). The summed E-state index contributed by atoms with van der Waals surface area (Å²) in [5, 5.41) is 2.62. The van der Waals surface area contributed by atoms with Gasteiger partial charge in [0.25, 0.3) is 0 Å². The molecule has 4 nitrogen and oxygen atoms in total. The smallest absolute Gasteiger partial charge is 0.241 e. The van der Waals surface area contributed by atoms with Gasteiger partial charge in [0.1, 0.15) is 6.54 Å². The predicted octanol–water partition coefficient (Wildman–Crippen LogP) is -0.110. The number of nitrogens with one attached hydrogen (secondary N) is 1. The zero-order chi connectivity index (χ0) is 8.69. The number of amidine groups is 1. The van der Waals surface area contributed by atoms with Crippen LogP contribution in [0.1, 0.15) is 20.3 Å². The lowest BCUT2D eigenvalue weighted by atomic mass is 10.4. The molecule has 0 fully saturated rings. The minimum atomic E-state index is -0.0797. The minimum Gasteiger partial charge on any atom is -0.387 e. The highest BCUT2D eigenvalue weighted by molar-refractivity contribution is 5.84. The van der Waals surface area contributed by atoms with Crippen LogP contribution in [0.25, 0.3) is 0 Å². The van der Waals surface area contributed by atoms with Gasteiger partial charge in [0, 0.05) is 13.0 Å². The lowest BCUT2D eigenvalue weighted by Gasteiger charge is -1.98. The number of hydrogen-bond acceptors (Lipinski definition) is 2. The second kappa shape index (κ2) is 5.70.